The van der Waals surface area contributed by atoms with Crippen molar-refractivity contribution in [2.45, 2.75) is 46.6 Å². The second-order valence-electron chi connectivity index (χ2n) is 4.84. The molecule has 0 saturated heterocycles. The lowest BCUT2D eigenvalue weighted by molar-refractivity contribution is -0.136. The Bertz CT molecular complexity index is 263. The first-order chi connectivity index (χ1) is 8.44. The molecule has 0 aliphatic carbocycles. The summed E-state index contributed by atoms with van der Waals surface area (Å²) in [6, 6.07) is 0.0961. The minimum Gasteiger partial charge on any atom is -0.352 e. The Hall–Kier alpha value is -1.10. The molecule has 3 N–H and O–H groups in total. The van der Waals surface area contributed by atoms with Crippen molar-refractivity contribution in [1.82, 2.24) is 10.2 Å². The fraction of sp³-hybridized carbons (Fsp3) is 0.846. The molecule has 1 atom stereocenters. The molecule has 2 amide bonds. The summed E-state index contributed by atoms with van der Waals surface area (Å²) in [7, 11) is 0. The molecular formula is C13H27N3O2. The molecule has 0 saturated carbocycles. The number of rotatable bonds is 8. The molecule has 18 heavy (non-hydrogen) atoms. The Morgan fingerprint density at radius 2 is 1.89 bits per heavy atom. The van der Waals surface area contributed by atoms with Crippen molar-refractivity contribution in [3.8, 4) is 0 Å². The second-order valence-corrected chi connectivity index (χ2v) is 4.84. The van der Waals surface area contributed by atoms with Crippen molar-refractivity contribution >= 4 is 11.8 Å². The molecule has 0 spiro atoms. The van der Waals surface area contributed by atoms with Gasteiger partial charge < -0.3 is 16.0 Å². The highest BCUT2D eigenvalue weighted by Gasteiger charge is 2.18. The van der Waals surface area contributed by atoms with Gasteiger partial charge in [0.1, 0.15) is 0 Å². The van der Waals surface area contributed by atoms with Gasteiger partial charge in [-0.3, -0.25) is 9.59 Å². The van der Waals surface area contributed by atoms with Gasteiger partial charge in [0, 0.05) is 19.0 Å². The summed E-state index contributed by atoms with van der Waals surface area (Å²) in [6.45, 7) is 8.89. The third kappa shape index (κ3) is 6.59. The summed E-state index contributed by atoms with van der Waals surface area (Å²) in [5, 5.41) is 2.79. The minimum atomic E-state index is -0.110. The fourth-order valence-corrected chi connectivity index (χ4v) is 1.69. The fourth-order valence-electron chi connectivity index (χ4n) is 1.69. The van der Waals surface area contributed by atoms with Gasteiger partial charge in [-0.2, -0.15) is 0 Å². The van der Waals surface area contributed by atoms with E-state index in [2.05, 4.69) is 5.32 Å². The van der Waals surface area contributed by atoms with Crippen LogP contribution in [0, 0.1) is 5.92 Å². The molecular weight excluding hydrogens is 230 g/mol. The van der Waals surface area contributed by atoms with Gasteiger partial charge in [-0.15, -0.1) is 0 Å². The number of carbonyl (C=O) groups is 2. The molecule has 0 aromatic heterocycles. The number of hydrogen-bond donors (Lipinski definition) is 2. The van der Waals surface area contributed by atoms with E-state index in [-0.39, 0.29) is 30.3 Å². The van der Waals surface area contributed by atoms with Crippen LogP contribution in [0.3, 0.4) is 0 Å². The zero-order valence-electron chi connectivity index (χ0n) is 12.0. The number of nitrogens with two attached hydrogens (primary N) is 1. The lowest BCUT2D eigenvalue weighted by atomic mass is 10.0. The van der Waals surface area contributed by atoms with Crippen LogP contribution in [-0.2, 0) is 9.59 Å². The number of nitrogens with one attached hydrogen (secondary N) is 1. The molecule has 106 valence electrons. The first kappa shape index (κ1) is 16.9. The molecule has 0 aromatic carbocycles. The summed E-state index contributed by atoms with van der Waals surface area (Å²) >= 11 is 0. The highest BCUT2D eigenvalue weighted by atomic mass is 16.2. The average Bonchev–Trinajstić information content (AvgIpc) is 2.31. The third-order valence-electron chi connectivity index (χ3n) is 2.89. The summed E-state index contributed by atoms with van der Waals surface area (Å²) in [4.78, 5) is 25.2. The summed E-state index contributed by atoms with van der Waals surface area (Å²) in [6.07, 6.45) is 1.31. The van der Waals surface area contributed by atoms with Crippen LogP contribution in [0.15, 0.2) is 0 Å². The maximum absolute atomic E-state index is 12.0. The van der Waals surface area contributed by atoms with Crippen LogP contribution in [0.25, 0.3) is 0 Å². The van der Waals surface area contributed by atoms with Gasteiger partial charge in [-0.1, -0.05) is 13.3 Å². The van der Waals surface area contributed by atoms with Crippen molar-refractivity contribution in [3.63, 3.8) is 0 Å². The maximum Gasteiger partial charge on any atom is 0.239 e. The van der Waals surface area contributed by atoms with Crippen molar-refractivity contribution in [2.24, 2.45) is 11.7 Å². The smallest absolute Gasteiger partial charge is 0.239 e. The Kier molecular flexibility index (Phi) is 8.37. The molecule has 0 radical (unpaired) electrons. The number of amides is 2. The molecule has 0 bridgehead atoms. The van der Waals surface area contributed by atoms with Crippen LogP contribution < -0.4 is 11.1 Å². The summed E-state index contributed by atoms with van der Waals surface area (Å²) in [5.41, 5.74) is 5.59. The molecule has 5 heteroatoms. The van der Waals surface area contributed by atoms with E-state index in [1.54, 1.807) is 4.90 Å². The van der Waals surface area contributed by atoms with Crippen LogP contribution in [-0.4, -0.2) is 42.4 Å². The van der Waals surface area contributed by atoms with E-state index in [0.717, 1.165) is 6.42 Å². The van der Waals surface area contributed by atoms with Gasteiger partial charge in [-0.05, 0) is 33.2 Å². The summed E-state index contributed by atoms with van der Waals surface area (Å²) in [5.74, 6) is 0.106. The molecule has 0 heterocycles. The van der Waals surface area contributed by atoms with Crippen molar-refractivity contribution in [3.05, 3.63) is 0 Å². The van der Waals surface area contributed by atoms with Gasteiger partial charge in [0.15, 0.2) is 0 Å². The van der Waals surface area contributed by atoms with E-state index in [1.807, 2.05) is 27.7 Å². The standard InChI is InChI=1S/C13H27N3O2/c1-5-11(8-14)7-13(18)16(6-2)9-12(17)15-10(3)4/h10-11H,5-9,14H2,1-4H3,(H,15,17). The van der Waals surface area contributed by atoms with Crippen LogP contribution >= 0.6 is 0 Å². The van der Waals surface area contributed by atoms with Crippen LogP contribution in [0.2, 0.25) is 0 Å². The van der Waals surface area contributed by atoms with Gasteiger partial charge in [0.2, 0.25) is 11.8 Å². The normalized spacial score (nSPS) is 12.3. The van der Waals surface area contributed by atoms with Crippen LogP contribution in [0.5, 0.6) is 0 Å². The van der Waals surface area contributed by atoms with Gasteiger partial charge >= 0.3 is 0 Å². The van der Waals surface area contributed by atoms with E-state index >= 15 is 0 Å². The first-order valence-corrected chi connectivity index (χ1v) is 6.71. The number of nitrogens with zero attached hydrogens (tertiary/aromatic N) is 1. The van der Waals surface area contributed by atoms with Gasteiger partial charge in [0.25, 0.3) is 0 Å². The third-order valence-corrected chi connectivity index (χ3v) is 2.89. The number of likely N-dealkylation sites (N-methyl/N-ethyl adjacent to an activating group) is 1. The highest BCUT2D eigenvalue weighted by Crippen LogP contribution is 2.08. The Morgan fingerprint density at radius 1 is 1.28 bits per heavy atom. The lowest BCUT2D eigenvalue weighted by Gasteiger charge is -2.23. The van der Waals surface area contributed by atoms with Crippen molar-refractivity contribution in [1.29, 1.82) is 0 Å². The molecule has 0 aliphatic heterocycles. The topological polar surface area (TPSA) is 75.4 Å². The molecule has 1 unspecified atom stereocenters. The quantitative estimate of drug-likeness (QED) is 0.673. The molecule has 0 fully saturated rings. The zero-order chi connectivity index (χ0) is 14.1. The van der Waals surface area contributed by atoms with E-state index in [1.165, 1.54) is 0 Å². The Morgan fingerprint density at radius 3 is 2.28 bits per heavy atom. The Balaban J connectivity index is 4.31. The predicted octanol–water partition coefficient (Wildman–Crippen LogP) is 0.735. The van der Waals surface area contributed by atoms with E-state index < -0.39 is 0 Å². The lowest BCUT2D eigenvalue weighted by Crippen LogP contribution is -2.43. The second kappa shape index (κ2) is 8.91. The summed E-state index contributed by atoms with van der Waals surface area (Å²) < 4.78 is 0. The van der Waals surface area contributed by atoms with E-state index in [0.29, 0.717) is 19.5 Å². The highest BCUT2D eigenvalue weighted by molar-refractivity contribution is 5.85. The largest absolute Gasteiger partial charge is 0.352 e. The molecule has 0 aliphatic rings. The monoisotopic (exact) mass is 257 g/mol. The maximum atomic E-state index is 12.0. The molecule has 0 aromatic rings. The van der Waals surface area contributed by atoms with Gasteiger partial charge in [-0.25, -0.2) is 0 Å². The van der Waals surface area contributed by atoms with Crippen LogP contribution in [0.4, 0.5) is 0 Å². The van der Waals surface area contributed by atoms with Gasteiger partial charge in [0.05, 0.1) is 6.54 Å². The van der Waals surface area contributed by atoms with Crippen molar-refractivity contribution in [2.75, 3.05) is 19.6 Å². The SMILES string of the molecule is CCC(CN)CC(=O)N(CC)CC(=O)NC(C)C. The predicted molar refractivity (Wildman–Crippen MR) is 73.0 cm³/mol. The Labute approximate surface area is 110 Å². The average molecular weight is 257 g/mol. The van der Waals surface area contributed by atoms with E-state index in [9.17, 15) is 9.59 Å². The van der Waals surface area contributed by atoms with Crippen LogP contribution in [0.1, 0.15) is 40.5 Å². The number of hydrogen-bond acceptors (Lipinski definition) is 3. The van der Waals surface area contributed by atoms with Crippen molar-refractivity contribution < 1.29 is 9.59 Å². The molecule has 5 nitrogen and oxygen atoms in total. The molecule has 0 rings (SSSR count). The minimum absolute atomic E-state index is 0.00806. The first-order valence-electron chi connectivity index (χ1n) is 6.71. The number of carbonyl (C=O) groups excluding carboxylic acids is 2. The zero-order valence-corrected chi connectivity index (χ0v) is 12.0. The van der Waals surface area contributed by atoms with E-state index in [4.69, 9.17) is 5.73 Å².